The maximum atomic E-state index is 11.5. The van der Waals surface area contributed by atoms with Crippen LogP contribution >= 0.6 is 15.9 Å². The van der Waals surface area contributed by atoms with E-state index in [4.69, 9.17) is 4.74 Å². The van der Waals surface area contributed by atoms with Crippen LogP contribution in [-0.4, -0.2) is 26.5 Å². The molecule has 2 aromatic carbocycles. The van der Waals surface area contributed by atoms with E-state index in [1.54, 1.807) is 6.92 Å². The third-order valence-electron chi connectivity index (χ3n) is 3.22. The zero-order chi connectivity index (χ0) is 14.6. The van der Waals surface area contributed by atoms with Gasteiger partial charge in [-0.3, -0.25) is 0 Å². The summed E-state index contributed by atoms with van der Waals surface area (Å²) in [5.74, 6) is 0.948. The second kappa shape index (κ2) is 6.59. The summed E-state index contributed by atoms with van der Waals surface area (Å²) in [4.78, 5) is 0. The molecule has 0 aliphatic carbocycles. The molecule has 0 bridgehead atoms. The summed E-state index contributed by atoms with van der Waals surface area (Å²) in [5.41, 5.74) is 1.05. The Morgan fingerprint density at radius 3 is 2.60 bits per heavy atom. The Labute approximate surface area is 128 Å². The van der Waals surface area contributed by atoms with Crippen LogP contribution in [0.4, 0.5) is 0 Å². The molecule has 108 valence electrons. The molecule has 0 unspecified atom stereocenters. The molecule has 0 atom stereocenters. The van der Waals surface area contributed by atoms with Gasteiger partial charge in [0.15, 0.2) is 9.84 Å². The van der Waals surface area contributed by atoms with Crippen LogP contribution in [0.15, 0.2) is 36.4 Å². The van der Waals surface area contributed by atoms with Gasteiger partial charge in [-0.25, -0.2) is 8.42 Å². The van der Waals surface area contributed by atoms with Gasteiger partial charge in [0.1, 0.15) is 12.4 Å². The standard InChI is InChI=1S/C15H17BrO3S/c1-2-20(17,18)10-9-19-15-8-7-12-5-3-4-6-13(12)14(15)11-16/h3-8H,2,9-11H2,1H3. The van der Waals surface area contributed by atoms with Crippen LogP contribution in [0.25, 0.3) is 10.8 Å². The van der Waals surface area contributed by atoms with Crippen LogP contribution in [0.5, 0.6) is 5.75 Å². The van der Waals surface area contributed by atoms with Gasteiger partial charge in [0.25, 0.3) is 0 Å². The third kappa shape index (κ3) is 3.52. The number of fused-ring (bicyclic) bond motifs is 1. The molecule has 0 saturated heterocycles. The van der Waals surface area contributed by atoms with Gasteiger partial charge >= 0.3 is 0 Å². The van der Waals surface area contributed by atoms with Crippen molar-refractivity contribution in [1.29, 1.82) is 0 Å². The Morgan fingerprint density at radius 2 is 1.90 bits per heavy atom. The fourth-order valence-corrected chi connectivity index (χ4v) is 3.22. The zero-order valence-corrected chi connectivity index (χ0v) is 13.7. The van der Waals surface area contributed by atoms with Crippen molar-refractivity contribution in [3.63, 3.8) is 0 Å². The lowest BCUT2D eigenvalue weighted by Gasteiger charge is -2.12. The van der Waals surface area contributed by atoms with Gasteiger partial charge in [0.05, 0.1) is 5.75 Å². The van der Waals surface area contributed by atoms with Gasteiger partial charge in [-0.2, -0.15) is 0 Å². The van der Waals surface area contributed by atoms with E-state index >= 15 is 0 Å². The molecule has 0 aliphatic heterocycles. The smallest absolute Gasteiger partial charge is 0.153 e. The van der Waals surface area contributed by atoms with E-state index < -0.39 is 9.84 Å². The minimum absolute atomic E-state index is 0.0536. The summed E-state index contributed by atoms with van der Waals surface area (Å²) in [7, 11) is -2.99. The first-order valence-corrected chi connectivity index (χ1v) is 9.41. The molecule has 0 radical (unpaired) electrons. The van der Waals surface area contributed by atoms with E-state index in [1.165, 1.54) is 0 Å². The number of alkyl halides is 1. The molecule has 0 saturated carbocycles. The largest absolute Gasteiger partial charge is 0.492 e. The van der Waals surface area contributed by atoms with Gasteiger partial charge in [0, 0.05) is 16.6 Å². The van der Waals surface area contributed by atoms with Crippen LogP contribution < -0.4 is 4.74 Å². The van der Waals surface area contributed by atoms with Crippen LogP contribution in [0.1, 0.15) is 12.5 Å². The summed E-state index contributed by atoms with van der Waals surface area (Å²) < 4.78 is 28.6. The van der Waals surface area contributed by atoms with Crippen molar-refractivity contribution in [3.8, 4) is 5.75 Å². The number of ether oxygens (including phenoxy) is 1. The van der Waals surface area contributed by atoms with E-state index in [9.17, 15) is 8.42 Å². The molecule has 0 amide bonds. The van der Waals surface area contributed by atoms with Crippen molar-refractivity contribution in [2.45, 2.75) is 12.3 Å². The van der Waals surface area contributed by atoms with Gasteiger partial charge in [-0.15, -0.1) is 0 Å². The van der Waals surface area contributed by atoms with Crippen molar-refractivity contribution in [2.24, 2.45) is 0 Å². The molecule has 0 aromatic heterocycles. The number of hydrogen-bond donors (Lipinski definition) is 0. The van der Waals surface area contributed by atoms with E-state index in [0.29, 0.717) is 5.33 Å². The van der Waals surface area contributed by atoms with E-state index in [-0.39, 0.29) is 18.1 Å². The predicted molar refractivity (Wildman–Crippen MR) is 86.4 cm³/mol. The Morgan fingerprint density at radius 1 is 1.15 bits per heavy atom. The highest BCUT2D eigenvalue weighted by atomic mass is 79.9. The first-order valence-electron chi connectivity index (χ1n) is 6.47. The summed E-state index contributed by atoms with van der Waals surface area (Å²) in [6, 6.07) is 12.0. The molecule has 2 rings (SSSR count). The fourth-order valence-electron chi connectivity index (χ4n) is 2.01. The Kier molecular flexibility index (Phi) is 5.05. The molecule has 5 heteroatoms. The predicted octanol–water partition coefficient (Wildman–Crippen LogP) is 3.55. The number of rotatable bonds is 6. The van der Waals surface area contributed by atoms with Crippen molar-refractivity contribution in [3.05, 3.63) is 42.0 Å². The van der Waals surface area contributed by atoms with E-state index in [1.807, 2.05) is 36.4 Å². The lowest BCUT2D eigenvalue weighted by Crippen LogP contribution is -2.16. The first kappa shape index (κ1) is 15.3. The minimum Gasteiger partial charge on any atom is -0.492 e. The zero-order valence-electron chi connectivity index (χ0n) is 11.3. The minimum atomic E-state index is -2.99. The average Bonchev–Trinajstić information content (AvgIpc) is 2.46. The Hall–Kier alpha value is -1.07. The molecule has 0 aliphatic rings. The summed E-state index contributed by atoms with van der Waals surface area (Å²) in [6.07, 6.45) is 0. The van der Waals surface area contributed by atoms with Crippen molar-refractivity contribution in [1.82, 2.24) is 0 Å². The third-order valence-corrected chi connectivity index (χ3v) is 5.45. The molecule has 0 heterocycles. The Balaban J connectivity index is 2.22. The van der Waals surface area contributed by atoms with Gasteiger partial charge in [0.2, 0.25) is 0 Å². The second-order valence-electron chi connectivity index (χ2n) is 4.48. The second-order valence-corrected chi connectivity index (χ2v) is 7.52. The maximum absolute atomic E-state index is 11.5. The number of halogens is 1. The highest BCUT2D eigenvalue weighted by Crippen LogP contribution is 2.29. The van der Waals surface area contributed by atoms with Gasteiger partial charge in [-0.1, -0.05) is 53.2 Å². The summed E-state index contributed by atoms with van der Waals surface area (Å²) in [5, 5.41) is 2.94. The Bertz CT molecular complexity index is 695. The molecule has 0 N–H and O–H groups in total. The molecule has 0 fully saturated rings. The highest BCUT2D eigenvalue weighted by Gasteiger charge is 2.10. The lowest BCUT2D eigenvalue weighted by molar-refractivity contribution is 0.339. The summed E-state index contributed by atoms with van der Waals surface area (Å²) in [6.45, 7) is 1.84. The average molecular weight is 357 g/mol. The van der Waals surface area contributed by atoms with Crippen LogP contribution in [0.3, 0.4) is 0 Å². The fraction of sp³-hybridized carbons (Fsp3) is 0.333. The molecule has 0 spiro atoms. The maximum Gasteiger partial charge on any atom is 0.153 e. The van der Waals surface area contributed by atoms with Crippen LogP contribution in [-0.2, 0) is 15.2 Å². The highest BCUT2D eigenvalue weighted by molar-refractivity contribution is 9.08. The van der Waals surface area contributed by atoms with Gasteiger partial charge in [-0.05, 0) is 16.8 Å². The molecular weight excluding hydrogens is 340 g/mol. The van der Waals surface area contributed by atoms with Crippen molar-refractivity contribution < 1.29 is 13.2 Å². The molecular formula is C15H17BrO3S. The van der Waals surface area contributed by atoms with Crippen LogP contribution in [0, 0.1) is 0 Å². The normalized spacial score (nSPS) is 11.7. The van der Waals surface area contributed by atoms with Crippen molar-refractivity contribution >= 4 is 36.5 Å². The number of hydrogen-bond acceptors (Lipinski definition) is 3. The van der Waals surface area contributed by atoms with E-state index in [0.717, 1.165) is 22.1 Å². The number of benzene rings is 2. The first-order chi connectivity index (χ1) is 9.57. The van der Waals surface area contributed by atoms with E-state index in [2.05, 4.69) is 15.9 Å². The topological polar surface area (TPSA) is 43.4 Å². The number of sulfone groups is 1. The van der Waals surface area contributed by atoms with Crippen LogP contribution in [0.2, 0.25) is 0 Å². The molecule has 20 heavy (non-hydrogen) atoms. The van der Waals surface area contributed by atoms with Gasteiger partial charge < -0.3 is 4.74 Å². The van der Waals surface area contributed by atoms with Crippen molar-refractivity contribution in [2.75, 3.05) is 18.1 Å². The quantitative estimate of drug-likeness (QED) is 0.743. The SMILES string of the molecule is CCS(=O)(=O)CCOc1ccc2ccccc2c1CBr. The monoisotopic (exact) mass is 356 g/mol. The molecule has 3 nitrogen and oxygen atoms in total. The molecule has 2 aromatic rings. The lowest BCUT2D eigenvalue weighted by atomic mass is 10.0. The summed E-state index contributed by atoms with van der Waals surface area (Å²) >= 11 is 3.48.